The molecule has 0 spiro atoms. The predicted molar refractivity (Wildman–Crippen MR) is 75.6 cm³/mol. The summed E-state index contributed by atoms with van der Waals surface area (Å²) in [5.41, 5.74) is 0.286. The Hall–Kier alpha value is -2.57. The van der Waals surface area contributed by atoms with Gasteiger partial charge in [-0.3, -0.25) is 4.79 Å². The summed E-state index contributed by atoms with van der Waals surface area (Å²) in [4.78, 5) is 27.7. The molecule has 1 unspecified atom stereocenters. The number of ether oxygens (including phenoxy) is 1. The predicted octanol–water partition coefficient (Wildman–Crippen LogP) is 2.20. The van der Waals surface area contributed by atoms with Crippen molar-refractivity contribution in [2.45, 2.75) is 32.2 Å². The summed E-state index contributed by atoms with van der Waals surface area (Å²) < 4.78 is 12.1. The number of hydrogen-bond acceptors (Lipinski definition) is 5. The number of aryl methyl sites for hydroxylation is 1. The van der Waals surface area contributed by atoms with Crippen LogP contribution in [0, 0.1) is 6.92 Å². The second-order valence-electron chi connectivity index (χ2n) is 5.25. The number of aromatic nitrogens is 2. The first-order valence-corrected chi connectivity index (χ1v) is 7.01. The van der Waals surface area contributed by atoms with E-state index >= 15 is 0 Å². The zero-order valence-corrected chi connectivity index (χ0v) is 12.3. The van der Waals surface area contributed by atoms with E-state index in [-0.39, 0.29) is 5.69 Å². The molecular formula is C15H16N2O5. The van der Waals surface area contributed by atoms with Gasteiger partial charge in [-0.25, -0.2) is 9.78 Å². The van der Waals surface area contributed by atoms with Crippen molar-refractivity contribution < 1.29 is 23.8 Å². The zero-order chi connectivity index (χ0) is 15.9. The van der Waals surface area contributed by atoms with Gasteiger partial charge in [-0.1, -0.05) is 0 Å². The molecule has 0 fully saturated rings. The average Bonchev–Trinajstić information content (AvgIpc) is 3.09. The molecule has 0 saturated carbocycles. The minimum Gasteiger partial charge on any atom is -0.476 e. The summed E-state index contributed by atoms with van der Waals surface area (Å²) in [6.45, 7) is 2.40. The molecule has 2 aromatic heterocycles. The topological polar surface area (TPSA) is 94.6 Å². The van der Waals surface area contributed by atoms with Crippen LogP contribution in [0.15, 0.2) is 16.5 Å². The summed E-state index contributed by atoms with van der Waals surface area (Å²) in [6, 6.07) is 3.54. The minimum absolute atomic E-state index is 0.112. The van der Waals surface area contributed by atoms with Gasteiger partial charge in [0.1, 0.15) is 5.76 Å². The van der Waals surface area contributed by atoms with Gasteiger partial charge in [0, 0.05) is 6.54 Å². The zero-order valence-electron chi connectivity index (χ0n) is 12.3. The SMILES string of the molecule is COC(=O)C1CCCn2c(-c3ccc(C)o3)nc(C(=O)O)c21. The summed E-state index contributed by atoms with van der Waals surface area (Å²) in [6.07, 6.45) is 1.30. The summed E-state index contributed by atoms with van der Waals surface area (Å²) in [7, 11) is 1.30. The normalized spacial score (nSPS) is 17.1. The van der Waals surface area contributed by atoms with Crippen LogP contribution in [0.25, 0.3) is 11.6 Å². The molecule has 0 radical (unpaired) electrons. The van der Waals surface area contributed by atoms with Crippen LogP contribution in [-0.2, 0) is 16.1 Å². The Morgan fingerprint density at radius 3 is 2.82 bits per heavy atom. The van der Waals surface area contributed by atoms with Crippen molar-refractivity contribution in [3.8, 4) is 11.6 Å². The first-order valence-electron chi connectivity index (χ1n) is 7.01. The molecule has 0 aliphatic carbocycles. The summed E-state index contributed by atoms with van der Waals surface area (Å²) >= 11 is 0. The van der Waals surface area contributed by atoms with Crippen LogP contribution in [-0.4, -0.2) is 33.7 Å². The highest BCUT2D eigenvalue weighted by atomic mass is 16.5. The van der Waals surface area contributed by atoms with Crippen LogP contribution in [0.4, 0.5) is 0 Å². The third-order valence-electron chi connectivity index (χ3n) is 3.86. The largest absolute Gasteiger partial charge is 0.476 e. The molecule has 3 heterocycles. The molecule has 0 bridgehead atoms. The highest BCUT2D eigenvalue weighted by Crippen LogP contribution is 2.35. The quantitative estimate of drug-likeness (QED) is 0.873. The van der Waals surface area contributed by atoms with Crippen molar-refractivity contribution in [3.05, 3.63) is 29.3 Å². The van der Waals surface area contributed by atoms with Crippen LogP contribution in [0.2, 0.25) is 0 Å². The fourth-order valence-corrected chi connectivity index (χ4v) is 2.91. The number of carbonyl (C=O) groups excluding carboxylic acids is 1. The molecule has 22 heavy (non-hydrogen) atoms. The van der Waals surface area contributed by atoms with Gasteiger partial charge in [-0.2, -0.15) is 0 Å². The Morgan fingerprint density at radius 2 is 2.23 bits per heavy atom. The molecule has 0 aromatic carbocycles. The number of carbonyl (C=O) groups is 2. The van der Waals surface area contributed by atoms with Crippen molar-refractivity contribution >= 4 is 11.9 Å². The molecule has 2 aromatic rings. The molecule has 1 aliphatic heterocycles. The Balaban J connectivity index is 2.19. The molecule has 0 saturated heterocycles. The molecule has 116 valence electrons. The van der Waals surface area contributed by atoms with Crippen LogP contribution < -0.4 is 0 Å². The van der Waals surface area contributed by atoms with Gasteiger partial charge in [0.15, 0.2) is 17.3 Å². The van der Waals surface area contributed by atoms with Gasteiger partial charge in [0.25, 0.3) is 0 Å². The first kappa shape index (κ1) is 14.4. The van der Waals surface area contributed by atoms with E-state index in [0.29, 0.717) is 36.0 Å². The van der Waals surface area contributed by atoms with Crippen LogP contribution in [0.3, 0.4) is 0 Å². The lowest BCUT2D eigenvalue weighted by atomic mass is 9.94. The van der Waals surface area contributed by atoms with E-state index in [2.05, 4.69) is 4.98 Å². The Kier molecular flexibility index (Phi) is 3.48. The maximum atomic E-state index is 12.0. The smallest absolute Gasteiger partial charge is 0.356 e. The second-order valence-corrected chi connectivity index (χ2v) is 5.25. The lowest BCUT2D eigenvalue weighted by Crippen LogP contribution is -2.25. The number of furan rings is 1. The average molecular weight is 304 g/mol. The van der Waals surface area contributed by atoms with E-state index in [1.807, 2.05) is 0 Å². The highest BCUT2D eigenvalue weighted by molar-refractivity contribution is 5.91. The molecule has 7 nitrogen and oxygen atoms in total. The maximum absolute atomic E-state index is 12.0. The minimum atomic E-state index is -1.16. The number of esters is 1. The van der Waals surface area contributed by atoms with Gasteiger partial charge >= 0.3 is 11.9 Å². The number of fused-ring (bicyclic) bond motifs is 1. The Bertz CT molecular complexity index is 743. The first-order chi connectivity index (χ1) is 10.5. The van der Waals surface area contributed by atoms with Crippen LogP contribution in [0.1, 0.15) is 40.7 Å². The van der Waals surface area contributed by atoms with Gasteiger partial charge < -0.3 is 18.8 Å². The number of carboxylic acids is 1. The number of methoxy groups -OCH3 is 1. The number of carboxylic acid groups (broad SMARTS) is 1. The molecule has 1 N–H and O–H groups in total. The molecule has 0 amide bonds. The lowest BCUT2D eigenvalue weighted by molar-refractivity contribution is -0.143. The third-order valence-corrected chi connectivity index (χ3v) is 3.86. The fraction of sp³-hybridized carbons (Fsp3) is 0.400. The summed E-state index contributed by atoms with van der Waals surface area (Å²) in [5, 5.41) is 9.42. The van der Waals surface area contributed by atoms with Crippen LogP contribution >= 0.6 is 0 Å². The number of rotatable bonds is 3. The van der Waals surface area contributed by atoms with E-state index < -0.39 is 17.9 Å². The summed E-state index contributed by atoms with van der Waals surface area (Å²) in [5.74, 6) is -0.558. The van der Waals surface area contributed by atoms with E-state index in [1.165, 1.54) is 7.11 Å². The number of aromatic carboxylic acids is 1. The fourth-order valence-electron chi connectivity index (χ4n) is 2.91. The maximum Gasteiger partial charge on any atom is 0.356 e. The van der Waals surface area contributed by atoms with Gasteiger partial charge in [-0.05, 0) is 31.9 Å². The van der Waals surface area contributed by atoms with E-state index in [4.69, 9.17) is 9.15 Å². The Morgan fingerprint density at radius 1 is 1.45 bits per heavy atom. The van der Waals surface area contributed by atoms with Gasteiger partial charge in [0.2, 0.25) is 0 Å². The van der Waals surface area contributed by atoms with Crippen LogP contribution in [0.5, 0.6) is 0 Å². The molecular weight excluding hydrogens is 288 g/mol. The molecule has 7 heteroatoms. The van der Waals surface area contributed by atoms with Crippen molar-refractivity contribution in [1.82, 2.24) is 9.55 Å². The van der Waals surface area contributed by atoms with E-state index in [0.717, 1.165) is 6.42 Å². The second kappa shape index (κ2) is 5.32. The van der Waals surface area contributed by atoms with Crippen molar-refractivity contribution in [2.75, 3.05) is 7.11 Å². The Labute approximate surface area is 126 Å². The highest BCUT2D eigenvalue weighted by Gasteiger charge is 2.36. The van der Waals surface area contributed by atoms with Gasteiger partial charge in [0.05, 0.1) is 18.7 Å². The monoisotopic (exact) mass is 304 g/mol. The molecule has 3 rings (SSSR count). The third kappa shape index (κ3) is 2.18. The van der Waals surface area contributed by atoms with Crippen molar-refractivity contribution in [1.29, 1.82) is 0 Å². The number of imidazole rings is 1. The van der Waals surface area contributed by atoms with E-state index in [1.54, 1.807) is 23.6 Å². The van der Waals surface area contributed by atoms with Gasteiger partial charge in [-0.15, -0.1) is 0 Å². The molecule has 1 atom stereocenters. The molecule has 1 aliphatic rings. The number of hydrogen-bond donors (Lipinski definition) is 1. The lowest BCUT2D eigenvalue weighted by Gasteiger charge is -2.23. The van der Waals surface area contributed by atoms with E-state index in [9.17, 15) is 14.7 Å². The standard InChI is InChI=1S/C15H16N2O5/c1-8-5-6-10(22-8)13-16-11(14(18)19)12-9(15(20)21-2)4-3-7-17(12)13/h5-6,9H,3-4,7H2,1-2H3,(H,18,19). The van der Waals surface area contributed by atoms with Crippen molar-refractivity contribution in [3.63, 3.8) is 0 Å². The number of nitrogens with zero attached hydrogens (tertiary/aromatic N) is 2. The van der Waals surface area contributed by atoms with Crippen molar-refractivity contribution in [2.24, 2.45) is 0 Å².